The molecule has 24 heavy (non-hydrogen) atoms. The molecule has 1 aromatic rings. The standard InChI is InChI=1S/C17H21BrN2O4/c1-10(2)14(16(22)20-8-4-7-13(20)17(23)24)19-15(21)11-5-3-6-12(18)9-11/h3,5-6,9-10,13-14H,4,7-8H2,1-2H3,(H,19,21)(H,23,24)/t13-,14-/m0/s1. The first-order chi connectivity index (χ1) is 11.3. The van der Waals surface area contributed by atoms with E-state index in [0.29, 0.717) is 24.9 Å². The number of aliphatic carboxylic acids is 1. The summed E-state index contributed by atoms with van der Waals surface area (Å²) in [4.78, 5) is 37.9. The third kappa shape index (κ3) is 4.14. The predicted molar refractivity (Wildman–Crippen MR) is 92.6 cm³/mol. The number of rotatable bonds is 5. The molecular weight excluding hydrogens is 376 g/mol. The number of amides is 2. The number of nitrogens with zero attached hydrogens (tertiary/aromatic N) is 1. The lowest BCUT2D eigenvalue weighted by Gasteiger charge is -2.29. The number of carboxylic acids is 1. The van der Waals surface area contributed by atoms with Crippen LogP contribution in [0, 0.1) is 5.92 Å². The Labute approximate surface area is 149 Å². The normalized spacial score (nSPS) is 18.5. The molecule has 1 saturated heterocycles. The van der Waals surface area contributed by atoms with Gasteiger partial charge in [-0.1, -0.05) is 35.8 Å². The van der Waals surface area contributed by atoms with Gasteiger partial charge in [0.25, 0.3) is 5.91 Å². The fourth-order valence-electron chi connectivity index (χ4n) is 2.83. The minimum atomic E-state index is -0.998. The van der Waals surface area contributed by atoms with Crippen LogP contribution in [0.1, 0.15) is 37.0 Å². The summed E-state index contributed by atoms with van der Waals surface area (Å²) in [5.74, 6) is -1.84. The van der Waals surface area contributed by atoms with Crippen LogP contribution in [0.15, 0.2) is 28.7 Å². The van der Waals surface area contributed by atoms with Crippen LogP contribution in [0.5, 0.6) is 0 Å². The number of carbonyl (C=O) groups is 3. The number of nitrogens with one attached hydrogen (secondary N) is 1. The van der Waals surface area contributed by atoms with Crippen LogP contribution in [0.25, 0.3) is 0 Å². The quantitative estimate of drug-likeness (QED) is 0.798. The molecule has 2 N–H and O–H groups in total. The van der Waals surface area contributed by atoms with Gasteiger partial charge in [0, 0.05) is 16.6 Å². The summed E-state index contributed by atoms with van der Waals surface area (Å²) >= 11 is 3.31. The molecule has 1 aliphatic rings. The van der Waals surface area contributed by atoms with Gasteiger partial charge in [-0.2, -0.15) is 0 Å². The first kappa shape index (κ1) is 18.4. The topological polar surface area (TPSA) is 86.7 Å². The summed E-state index contributed by atoms with van der Waals surface area (Å²) in [6, 6.07) is 5.33. The third-order valence-electron chi connectivity index (χ3n) is 4.13. The summed E-state index contributed by atoms with van der Waals surface area (Å²) in [6.07, 6.45) is 1.11. The van der Waals surface area contributed by atoms with Crippen LogP contribution in [-0.4, -0.2) is 46.4 Å². The lowest BCUT2D eigenvalue weighted by Crippen LogP contribution is -2.53. The Morgan fingerprint density at radius 1 is 1.33 bits per heavy atom. The van der Waals surface area contributed by atoms with Crippen molar-refractivity contribution in [1.29, 1.82) is 0 Å². The number of likely N-dealkylation sites (tertiary alicyclic amines) is 1. The van der Waals surface area contributed by atoms with Crippen molar-refractivity contribution in [2.45, 2.75) is 38.8 Å². The van der Waals surface area contributed by atoms with E-state index in [1.807, 2.05) is 19.9 Å². The van der Waals surface area contributed by atoms with E-state index in [4.69, 9.17) is 0 Å². The van der Waals surface area contributed by atoms with Crippen molar-refractivity contribution in [1.82, 2.24) is 10.2 Å². The van der Waals surface area contributed by atoms with Gasteiger partial charge in [-0.05, 0) is 37.0 Å². The number of carbonyl (C=O) groups excluding carboxylic acids is 2. The lowest BCUT2D eigenvalue weighted by atomic mass is 10.0. The molecule has 7 heteroatoms. The van der Waals surface area contributed by atoms with Gasteiger partial charge in [0.2, 0.25) is 5.91 Å². The van der Waals surface area contributed by atoms with Crippen LogP contribution in [0.3, 0.4) is 0 Å². The molecule has 0 aliphatic carbocycles. The molecule has 130 valence electrons. The third-order valence-corrected chi connectivity index (χ3v) is 4.62. The molecule has 1 aromatic carbocycles. The zero-order chi connectivity index (χ0) is 17.9. The highest BCUT2D eigenvalue weighted by atomic mass is 79.9. The maximum absolute atomic E-state index is 12.8. The molecule has 1 fully saturated rings. The molecule has 6 nitrogen and oxygen atoms in total. The van der Waals surface area contributed by atoms with Gasteiger partial charge in [-0.15, -0.1) is 0 Å². The second-order valence-electron chi connectivity index (χ2n) is 6.23. The van der Waals surface area contributed by atoms with Crippen molar-refractivity contribution in [3.05, 3.63) is 34.3 Å². The van der Waals surface area contributed by atoms with Gasteiger partial charge >= 0.3 is 5.97 Å². The van der Waals surface area contributed by atoms with Crippen LogP contribution in [0.2, 0.25) is 0 Å². The average molecular weight is 397 g/mol. The number of carboxylic acid groups (broad SMARTS) is 1. The predicted octanol–water partition coefficient (Wildman–Crippen LogP) is 2.28. The minimum Gasteiger partial charge on any atom is -0.480 e. The van der Waals surface area contributed by atoms with Gasteiger partial charge < -0.3 is 15.3 Å². The molecule has 0 unspecified atom stereocenters. The van der Waals surface area contributed by atoms with E-state index in [0.717, 1.165) is 4.47 Å². The van der Waals surface area contributed by atoms with E-state index >= 15 is 0 Å². The Kier molecular flexibility index (Phi) is 5.99. The van der Waals surface area contributed by atoms with Crippen molar-refractivity contribution >= 4 is 33.7 Å². The van der Waals surface area contributed by atoms with E-state index in [2.05, 4.69) is 21.2 Å². The molecule has 2 atom stereocenters. The van der Waals surface area contributed by atoms with E-state index in [-0.39, 0.29) is 17.7 Å². The molecule has 0 saturated carbocycles. The molecular formula is C17H21BrN2O4. The van der Waals surface area contributed by atoms with Gasteiger partial charge in [0.1, 0.15) is 12.1 Å². The SMILES string of the molecule is CC(C)[C@H](NC(=O)c1cccc(Br)c1)C(=O)N1CCC[C@H]1C(=O)O. The smallest absolute Gasteiger partial charge is 0.326 e. The van der Waals surface area contributed by atoms with Gasteiger partial charge in [0.05, 0.1) is 0 Å². The monoisotopic (exact) mass is 396 g/mol. The molecule has 0 radical (unpaired) electrons. The number of hydrogen-bond acceptors (Lipinski definition) is 3. The Morgan fingerprint density at radius 2 is 2.04 bits per heavy atom. The maximum Gasteiger partial charge on any atom is 0.326 e. The summed E-state index contributed by atoms with van der Waals surface area (Å²) in [6.45, 7) is 4.07. The largest absolute Gasteiger partial charge is 0.480 e. The molecule has 0 spiro atoms. The first-order valence-electron chi connectivity index (χ1n) is 7.91. The molecule has 0 aromatic heterocycles. The summed E-state index contributed by atoms with van der Waals surface area (Å²) in [5, 5.41) is 12.0. The van der Waals surface area contributed by atoms with Crippen LogP contribution in [0.4, 0.5) is 0 Å². The zero-order valence-corrected chi connectivity index (χ0v) is 15.2. The van der Waals surface area contributed by atoms with Gasteiger partial charge in [-0.25, -0.2) is 4.79 Å². The first-order valence-corrected chi connectivity index (χ1v) is 8.70. The van der Waals surface area contributed by atoms with Crippen LogP contribution >= 0.6 is 15.9 Å². The van der Waals surface area contributed by atoms with E-state index in [1.165, 1.54) is 4.90 Å². The summed E-state index contributed by atoms with van der Waals surface area (Å²) in [5.41, 5.74) is 0.444. The molecule has 1 heterocycles. The molecule has 2 rings (SSSR count). The Hall–Kier alpha value is -1.89. The molecule has 2 amide bonds. The van der Waals surface area contributed by atoms with Gasteiger partial charge in [0.15, 0.2) is 0 Å². The lowest BCUT2D eigenvalue weighted by molar-refractivity contribution is -0.149. The van der Waals surface area contributed by atoms with Crippen molar-refractivity contribution in [2.75, 3.05) is 6.54 Å². The number of benzene rings is 1. The Balaban J connectivity index is 2.15. The second kappa shape index (κ2) is 7.79. The number of halogens is 1. The van der Waals surface area contributed by atoms with Crippen molar-refractivity contribution in [2.24, 2.45) is 5.92 Å². The summed E-state index contributed by atoms with van der Waals surface area (Å²) in [7, 11) is 0. The van der Waals surface area contributed by atoms with E-state index in [9.17, 15) is 19.5 Å². The average Bonchev–Trinajstić information content (AvgIpc) is 3.01. The highest BCUT2D eigenvalue weighted by Gasteiger charge is 2.38. The molecule has 1 aliphatic heterocycles. The minimum absolute atomic E-state index is 0.149. The second-order valence-corrected chi connectivity index (χ2v) is 7.15. The van der Waals surface area contributed by atoms with Crippen LogP contribution in [-0.2, 0) is 9.59 Å². The number of hydrogen-bond donors (Lipinski definition) is 2. The Morgan fingerprint density at radius 3 is 2.62 bits per heavy atom. The van der Waals surface area contributed by atoms with Crippen molar-refractivity contribution in [3.8, 4) is 0 Å². The fraction of sp³-hybridized carbons (Fsp3) is 0.471. The summed E-state index contributed by atoms with van der Waals surface area (Å²) < 4.78 is 0.771. The fourth-order valence-corrected chi connectivity index (χ4v) is 3.23. The van der Waals surface area contributed by atoms with Crippen molar-refractivity contribution in [3.63, 3.8) is 0 Å². The highest BCUT2D eigenvalue weighted by Crippen LogP contribution is 2.21. The highest BCUT2D eigenvalue weighted by molar-refractivity contribution is 9.10. The maximum atomic E-state index is 12.8. The zero-order valence-electron chi connectivity index (χ0n) is 13.7. The van der Waals surface area contributed by atoms with E-state index in [1.54, 1.807) is 18.2 Å². The Bertz CT molecular complexity index is 647. The van der Waals surface area contributed by atoms with Gasteiger partial charge in [-0.3, -0.25) is 9.59 Å². The van der Waals surface area contributed by atoms with E-state index < -0.39 is 18.1 Å². The van der Waals surface area contributed by atoms with Crippen LogP contribution < -0.4 is 5.32 Å². The van der Waals surface area contributed by atoms with Crippen molar-refractivity contribution < 1.29 is 19.5 Å². The molecule has 0 bridgehead atoms.